The van der Waals surface area contributed by atoms with Gasteiger partial charge in [-0.05, 0) is 27.7 Å². The molecule has 0 radical (unpaired) electrons. The Hall–Kier alpha value is 0.955. The van der Waals surface area contributed by atoms with Gasteiger partial charge in [0.05, 0.1) is 18.8 Å². The molecule has 0 aliphatic carbocycles. The Morgan fingerprint density at radius 1 is 0.952 bits per heavy atom. The fourth-order valence-electron chi connectivity index (χ4n) is 2.85. The molecule has 0 aromatic heterocycles. The first-order valence-electron chi connectivity index (χ1n) is 6.49. The predicted octanol–water partition coefficient (Wildman–Crippen LogP) is -6.04. The van der Waals surface area contributed by atoms with E-state index in [0.717, 1.165) is 0 Å². The summed E-state index contributed by atoms with van der Waals surface area (Å²) < 4.78 is 28.0. The second-order valence-electron chi connectivity index (χ2n) is 6.30. The average molecular weight is 286 g/mol. The predicted molar refractivity (Wildman–Crippen MR) is 61.7 cm³/mol. The number of hydrogen-bond acceptors (Lipinski definition) is 6. The topological polar surface area (TPSA) is 69.2 Å². The smallest absolute Gasteiger partial charge is 0.870 e. The van der Waals surface area contributed by atoms with Gasteiger partial charge < -0.3 is 35.7 Å². The second kappa shape index (κ2) is 6.11. The van der Waals surface area contributed by atoms with Crippen molar-refractivity contribution in [3.8, 4) is 0 Å². The molecule has 3 rings (SSSR count). The van der Waals surface area contributed by atoms with Gasteiger partial charge in [0.15, 0.2) is 17.9 Å². The van der Waals surface area contributed by atoms with E-state index in [0.29, 0.717) is 6.61 Å². The van der Waals surface area contributed by atoms with Crippen LogP contribution in [0.15, 0.2) is 0 Å². The fourth-order valence-corrected chi connectivity index (χ4v) is 2.85. The number of fused-ring (bicyclic) bond motifs is 1. The molecule has 3 aliphatic rings. The Morgan fingerprint density at radius 3 is 2.05 bits per heavy atom. The summed E-state index contributed by atoms with van der Waals surface area (Å²) in [7, 11) is 0. The minimum absolute atomic E-state index is 0. The molecule has 3 heterocycles. The van der Waals surface area contributed by atoms with E-state index in [2.05, 4.69) is 6.92 Å². The van der Waals surface area contributed by atoms with Crippen molar-refractivity contribution in [3.05, 3.63) is 6.92 Å². The molecule has 0 N–H and O–H groups in total. The van der Waals surface area contributed by atoms with E-state index < -0.39 is 41.8 Å². The number of hydrogen-bond donors (Lipinski definition) is 0. The summed E-state index contributed by atoms with van der Waals surface area (Å²) in [6, 6.07) is 0. The molecule has 3 fully saturated rings. The van der Waals surface area contributed by atoms with Gasteiger partial charge in [-0.3, -0.25) is 0 Å². The summed E-state index contributed by atoms with van der Waals surface area (Å²) >= 11 is 0. The van der Waals surface area contributed by atoms with Crippen LogP contribution in [-0.4, -0.2) is 48.4 Å². The molecule has 0 aromatic rings. The first kappa shape index (κ1) is 20.0. The van der Waals surface area contributed by atoms with Crippen molar-refractivity contribution in [2.45, 2.75) is 69.5 Å². The standard InChI is InChI=1S/C13H20O6.2Li/c1-11(2)15-6-7(17-11)8-13(5,14)9-10(16-8)19-12(3,4)18-9;;/h7-10H,5-6H2,1-4H3;;/q-2;2*+1/t7-,8-,9+,10-,13+;;/m1../s1. The molecule has 6 nitrogen and oxygen atoms in total. The molecule has 0 saturated carbocycles. The number of ether oxygens (including phenoxy) is 5. The zero-order valence-electron chi connectivity index (χ0n) is 13.7. The monoisotopic (exact) mass is 286 g/mol. The van der Waals surface area contributed by atoms with Crippen LogP contribution in [0, 0.1) is 6.92 Å². The molecule has 3 saturated heterocycles. The molecule has 0 aromatic carbocycles. The van der Waals surface area contributed by atoms with Gasteiger partial charge in [-0.15, -0.1) is 0 Å². The minimum Gasteiger partial charge on any atom is -0.870 e. The summed E-state index contributed by atoms with van der Waals surface area (Å²) in [5.74, 6) is -1.53. The van der Waals surface area contributed by atoms with Gasteiger partial charge >= 0.3 is 37.7 Å². The third kappa shape index (κ3) is 3.57. The third-order valence-electron chi connectivity index (χ3n) is 3.67. The van der Waals surface area contributed by atoms with Crippen molar-refractivity contribution in [1.82, 2.24) is 0 Å². The van der Waals surface area contributed by atoms with E-state index >= 15 is 0 Å². The van der Waals surface area contributed by atoms with Crippen LogP contribution in [-0.2, 0) is 23.7 Å². The van der Waals surface area contributed by atoms with Crippen molar-refractivity contribution in [3.63, 3.8) is 0 Å². The zero-order valence-corrected chi connectivity index (χ0v) is 13.7. The molecular weight excluding hydrogens is 266 g/mol. The first-order chi connectivity index (χ1) is 8.61. The Balaban J connectivity index is 0.00000110. The Morgan fingerprint density at radius 2 is 1.57 bits per heavy atom. The van der Waals surface area contributed by atoms with Crippen molar-refractivity contribution in [2.75, 3.05) is 6.61 Å². The van der Waals surface area contributed by atoms with Crippen LogP contribution in [0.1, 0.15) is 27.7 Å². The quantitative estimate of drug-likeness (QED) is 0.353. The van der Waals surface area contributed by atoms with Crippen LogP contribution < -0.4 is 42.8 Å². The van der Waals surface area contributed by atoms with E-state index in [4.69, 9.17) is 23.7 Å². The van der Waals surface area contributed by atoms with Crippen molar-refractivity contribution in [1.29, 1.82) is 0 Å². The molecule has 0 spiro atoms. The van der Waals surface area contributed by atoms with Crippen LogP contribution in [0.3, 0.4) is 0 Å². The van der Waals surface area contributed by atoms with Crippen LogP contribution in [0.25, 0.3) is 0 Å². The van der Waals surface area contributed by atoms with E-state index in [1.807, 2.05) is 0 Å². The first-order valence-corrected chi connectivity index (χ1v) is 6.49. The van der Waals surface area contributed by atoms with Gasteiger partial charge in [-0.1, -0.05) is 0 Å². The Kier molecular flexibility index (Phi) is 5.82. The van der Waals surface area contributed by atoms with Gasteiger partial charge in [0, 0.05) is 0 Å². The summed E-state index contributed by atoms with van der Waals surface area (Å²) in [4.78, 5) is 0. The molecule has 8 heteroatoms. The normalized spacial score (nSPS) is 46.6. The van der Waals surface area contributed by atoms with Gasteiger partial charge in [-0.25, -0.2) is 0 Å². The SMILES string of the molecule is [CH2-][C@]1([O-])[C@@H]([C@H]2COC(C)(C)O2)O[C@@H]2OC(C)(C)O[C@@H]21.[Li+].[Li+]. The van der Waals surface area contributed by atoms with Crippen LogP contribution in [0.2, 0.25) is 0 Å². The van der Waals surface area contributed by atoms with Crippen LogP contribution in [0.4, 0.5) is 0 Å². The maximum Gasteiger partial charge on any atom is 1.00 e. The summed E-state index contributed by atoms with van der Waals surface area (Å²) in [5, 5.41) is 12.8. The Bertz CT molecular complexity index is 387. The molecule has 110 valence electrons. The number of rotatable bonds is 1. The maximum absolute atomic E-state index is 12.8. The molecular formula is C13H20Li2O6. The Labute approximate surface area is 149 Å². The van der Waals surface area contributed by atoms with Gasteiger partial charge in [-0.2, -0.15) is 5.60 Å². The van der Waals surface area contributed by atoms with E-state index in [9.17, 15) is 5.11 Å². The largest absolute Gasteiger partial charge is 1.00 e. The zero-order chi connectivity index (χ0) is 14.1. The van der Waals surface area contributed by atoms with Gasteiger partial charge in [0.2, 0.25) is 0 Å². The molecule has 0 bridgehead atoms. The van der Waals surface area contributed by atoms with Crippen LogP contribution in [0.5, 0.6) is 0 Å². The maximum atomic E-state index is 12.8. The average Bonchev–Trinajstić information content (AvgIpc) is 2.80. The fraction of sp³-hybridized carbons (Fsp3) is 0.923. The summed E-state index contributed by atoms with van der Waals surface area (Å²) in [5.41, 5.74) is -1.67. The molecule has 5 atom stereocenters. The van der Waals surface area contributed by atoms with Gasteiger partial charge in [0.1, 0.15) is 6.10 Å². The van der Waals surface area contributed by atoms with Crippen LogP contribution >= 0.6 is 0 Å². The third-order valence-corrected chi connectivity index (χ3v) is 3.67. The van der Waals surface area contributed by atoms with Crippen molar-refractivity contribution < 1.29 is 66.5 Å². The minimum atomic E-state index is -1.67. The molecule has 0 unspecified atom stereocenters. The summed E-state index contributed by atoms with van der Waals surface area (Å²) in [6.45, 7) is 11.1. The van der Waals surface area contributed by atoms with Crippen molar-refractivity contribution in [2.24, 2.45) is 0 Å². The van der Waals surface area contributed by atoms with Crippen molar-refractivity contribution >= 4 is 0 Å². The molecule has 3 aliphatic heterocycles. The van der Waals surface area contributed by atoms with E-state index in [-0.39, 0.29) is 37.7 Å². The van der Waals surface area contributed by atoms with Gasteiger partial charge in [0.25, 0.3) is 0 Å². The van der Waals surface area contributed by atoms with E-state index in [1.165, 1.54) is 0 Å². The van der Waals surface area contributed by atoms with E-state index in [1.54, 1.807) is 27.7 Å². The second-order valence-corrected chi connectivity index (χ2v) is 6.30. The molecule has 21 heavy (non-hydrogen) atoms. The summed E-state index contributed by atoms with van der Waals surface area (Å²) in [6.07, 6.45) is -2.63. The molecule has 0 amide bonds.